The molecular weight excluding hydrogens is 398 g/mol. The van der Waals surface area contributed by atoms with Gasteiger partial charge in [-0.2, -0.15) is 0 Å². The number of aromatic nitrogens is 2. The van der Waals surface area contributed by atoms with Crippen LogP contribution in [0.1, 0.15) is 28.0 Å². The molecule has 0 spiro atoms. The van der Waals surface area contributed by atoms with Gasteiger partial charge in [-0.15, -0.1) is 0 Å². The highest BCUT2D eigenvalue weighted by molar-refractivity contribution is 6.02. The molecule has 0 radical (unpaired) electrons. The number of ether oxygens (including phenoxy) is 1. The maximum Gasteiger partial charge on any atom is 0.331 e. The van der Waals surface area contributed by atoms with Crippen LogP contribution in [0.15, 0.2) is 67.4 Å². The second kappa shape index (κ2) is 7.98. The minimum atomic E-state index is -0.731. The Labute approximate surface area is 177 Å². The third kappa shape index (κ3) is 3.63. The fourth-order valence-electron chi connectivity index (χ4n) is 3.64. The Balaban J connectivity index is 2.01. The second-order valence-electron chi connectivity index (χ2n) is 7.18. The molecule has 2 aromatic heterocycles. The molecule has 3 heterocycles. The summed E-state index contributed by atoms with van der Waals surface area (Å²) in [6.07, 6.45) is 6.43. The summed E-state index contributed by atoms with van der Waals surface area (Å²) in [7, 11) is 1.59. The van der Waals surface area contributed by atoms with Crippen molar-refractivity contribution in [2.75, 3.05) is 7.11 Å². The van der Waals surface area contributed by atoms with Crippen LogP contribution in [0.5, 0.6) is 11.6 Å². The molecule has 0 aliphatic carbocycles. The molecule has 0 unspecified atom stereocenters. The van der Waals surface area contributed by atoms with Gasteiger partial charge in [-0.05, 0) is 60.9 Å². The van der Waals surface area contributed by atoms with Crippen LogP contribution in [0.25, 0.3) is 5.57 Å². The SMILES string of the molecule is COc1cc(C)c(C(=C2C=CN=C2)c2c(O)n(Cc3ccco3)c(=O)[nH]c2=O)cc1C. The first-order chi connectivity index (χ1) is 14.9. The highest BCUT2D eigenvalue weighted by atomic mass is 16.5. The number of hydrogen-bond acceptors (Lipinski definition) is 6. The number of nitrogens with zero attached hydrogens (tertiary/aromatic N) is 2. The van der Waals surface area contributed by atoms with Crippen molar-refractivity contribution in [1.29, 1.82) is 0 Å². The maximum absolute atomic E-state index is 12.9. The Morgan fingerprint density at radius 3 is 2.71 bits per heavy atom. The molecule has 31 heavy (non-hydrogen) atoms. The molecule has 0 atom stereocenters. The van der Waals surface area contributed by atoms with Crippen molar-refractivity contribution in [3.8, 4) is 11.6 Å². The van der Waals surface area contributed by atoms with Crippen LogP contribution in [-0.2, 0) is 6.54 Å². The van der Waals surface area contributed by atoms with E-state index in [1.54, 1.807) is 37.7 Å². The Kier molecular flexibility index (Phi) is 5.21. The molecule has 1 aliphatic rings. The number of aromatic hydroxyl groups is 1. The van der Waals surface area contributed by atoms with Crippen molar-refractivity contribution in [2.24, 2.45) is 4.99 Å². The summed E-state index contributed by atoms with van der Waals surface area (Å²) in [6, 6.07) is 7.11. The summed E-state index contributed by atoms with van der Waals surface area (Å²) in [6.45, 7) is 3.75. The van der Waals surface area contributed by atoms with Crippen molar-refractivity contribution in [3.63, 3.8) is 0 Å². The number of allylic oxidation sites excluding steroid dienone is 2. The van der Waals surface area contributed by atoms with E-state index in [0.717, 1.165) is 21.3 Å². The molecule has 2 N–H and O–H groups in total. The molecule has 4 rings (SSSR count). The number of furan rings is 1. The summed E-state index contributed by atoms with van der Waals surface area (Å²) in [4.78, 5) is 31.8. The van der Waals surface area contributed by atoms with Gasteiger partial charge in [-0.1, -0.05) is 0 Å². The number of nitrogens with one attached hydrogen (secondary N) is 1. The highest BCUT2D eigenvalue weighted by Crippen LogP contribution is 2.35. The predicted molar refractivity (Wildman–Crippen MR) is 117 cm³/mol. The van der Waals surface area contributed by atoms with Gasteiger partial charge in [0.2, 0.25) is 5.88 Å². The lowest BCUT2D eigenvalue weighted by Gasteiger charge is -2.18. The standard InChI is InChI=1S/C23H21N3O5/c1-13-10-18(30-3)14(2)9-17(13)19(15-6-7-24-11-15)20-21(27)25-23(29)26(22(20)28)12-16-5-4-8-31-16/h4-11,28H,12H2,1-3H3,(H,25,27,29). The Morgan fingerprint density at radius 2 is 2.06 bits per heavy atom. The van der Waals surface area contributed by atoms with Gasteiger partial charge in [-0.3, -0.25) is 19.3 Å². The van der Waals surface area contributed by atoms with Crippen LogP contribution < -0.4 is 16.0 Å². The summed E-state index contributed by atoms with van der Waals surface area (Å²) in [5.41, 5.74) is 2.07. The van der Waals surface area contributed by atoms with Crippen molar-refractivity contribution in [3.05, 3.63) is 97.2 Å². The lowest BCUT2D eigenvalue weighted by molar-refractivity contribution is 0.392. The van der Waals surface area contributed by atoms with Gasteiger partial charge in [0.25, 0.3) is 5.56 Å². The normalized spacial score (nSPS) is 14.3. The van der Waals surface area contributed by atoms with E-state index in [-0.39, 0.29) is 12.1 Å². The van der Waals surface area contributed by atoms with E-state index in [1.165, 1.54) is 6.26 Å². The van der Waals surface area contributed by atoms with E-state index in [2.05, 4.69) is 9.98 Å². The van der Waals surface area contributed by atoms with Gasteiger partial charge < -0.3 is 14.3 Å². The Hall–Kier alpha value is -4.07. The number of aromatic amines is 1. The number of benzene rings is 1. The van der Waals surface area contributed by atoms with Crippen molar-refractivity contribution in [2.45, 2.75) is 20.4 Å². The first kappa shape index (κ1) is 20.2. The summed E-state index contributed by atoms with van der Waals surface area (Å²) >= 11 is 0. The van der Waals surface area contributed by atoms with Crippen LogP contribution in [0.3, 0.4) is 0 Å². The molecule has 8 nitrogen and oxygen atoms in total. The van der Waals surface area contributed by atoms with E-state index >= 15 is 0 Å². The monoisotopic (exact) mass is 419 g/mol. The summed E-state index contributed by atoms with van der Waals surface area (Å²) in [5, 5.41) is 11.1. The third-order valence-electron chi connectivity index (χ3n) is 5.17. The molecule has 0 saturated carbocycles. The zero-order chi connectivity index (χ0) is 22.1. The Morgan fingerprint density at radius 1 is 1.26 bits per heavy atom. The number of H-pyrrole nitrogens is 1. The molecule has 1 aliphatic heterocycles. The van der Waals surface area contributed by atoms with Gasteiger partial charge in [0, 0.05) is 23.6 Å². The number of aryl methyl sites for hydroxylation is 2. The smallest absolute Gasteiger partial charge is 0.331 e. The summed E-state index contributed by atoms with van der Waals surface area (Å²) < 4.78 is 11.8. The fourth-order valence-corrected chi connectivity index (χ4v) is 3.64. The molecule has 0 fully saturated rings. The minimum absolute atomic E-state index is 0.0215. The molecule has 3 aromatic rings. The Bertz CT molecular complexity index is 1340. The number of rotatable bonds is 5. The lowest BCUT2D eigenvalue weighted by Crippen LogP contribution is -2.32. The average Bonchev–Trinajstić information content (AvgIpc) is 3.44. The quantitative estimate of drug-likeness (QED) is 0.661. The topological polar surface area (TPSA) is 110 Å². The molecular formula is C23H21N3O5. The van der Waals surface area contributed by atoms with Gasteiger partial charge in [0.1, 0.15) is 17.1 Å². The van der Waals surface area contributed by atoms with Crippen LogP contribution in [-0.4, -0.2) is 28.0 Å². The molecule has 158 valence electrons. The van der Waals surface area contributed by atoms with Gasteiger partial charge in [-0.25, -0.2) is 4.79 Å². The predicted octanol–water partition coefficient (Wildman–Crippen LogP) is 2.91. The van der Waals surface area contributed by atoms with Gasteiger partial charge >= 0.3 is 5.69 Å². The van der Waals surface area contributed by atoms with E-state index in [9.17, 15) is 14.7 Å². The molecule has 8 heteroatoms. The van der Waals surface area contributed by atoms with E-state index in [0.29, 0.717) is 22.7 Å². The zero-order valence-electron chi connectivity index (χ0n) is 17.3. The summed E-state index contributed by atoms with van der Waals surface area (Å²) in [5.74, 6) is 0.722. The van der Waals surface area contributed by atoms with Crippen LogP contribution in [0.2, 0.25) is 0 Å². The minimum Gasteiger partial charge on any atom is -0.496 e. The maximum atomic E-state index is 12.9. The second-order valence-corrected chi connectivity index (χ2v) is 7.18. The van der Waals surface area contributed by atoms with Crippen molar-refractivity contribution < 1.29 is 14.3 Å². The third-order valence-corrected chi connectivity index (χ3v) is 5.17. The molecule has 0 amide bonds. The number of aliphatic imine (C=N–C) groups is 1. The van der Waals surface area contributed by atoms with Crippen LogP contribution in [0.4, 0.5) is 0 Å². The molecule has 1 aromatic carbocycles. The van der Waals surface area contributed by atoms with E-state index in [4.69, 9.17) is 9.15 Å². The van der Waals surface area contributed by atoms with Gasteiger partial charge in [0.15, 0.2) is 0 Å². The first-order valence-corrected chi connectivity index (χ1v) is 9.59. The van der Waals surface area contributed by atoms with Crippen molar-refractivity contribution in [1.82, 2.24) is 9.55 Å². The largest absolute Gasteiger partial charge is 0.496 e. The van der Waals surface area contributed by atoms with E-state index < -0.39 is 17.1 Å². The zero-order valence-corrected chi connectivity index (χ0v) is 17.3. The molecule has 0 bridgehead atoms. The van der Waals surface area contributed by atoms with Crippen LogP contribution in [0, 0.1) is 13.8 Å². The van der Waals surface area contributed by atoms with Crippen molar-refractivity contribution >= 4 is 11.8 Å². The van der Waals surface area contributed by atoms with Gasteiger partial charge in [0.05, 0.1) is 19.9 Å². The number of methoxy groups -OCH3 is 1. The van der Waals surface area contributed by atoms with E-state index in [1.807, 2.05) is 26.0 Å². The fraction of sp³-hybridized carbons (Fsp3) is 0.174. The average molecular weight is 419 g/mol. The lowest BCUT2D eigenvalue weighted by atomic mass is 9.90. The number of hydrogen-bond donors (Lipinski definition) is 2. The first-order valence-electron chi connectivity index (χ1n) is 9.59. The highest BCUT2D eigenvalue weighted by Gasteiger charge is 2.24. The van der Waals surface area contributed by atoms with Crippen LogP contribution >= 0.6 is 0 Å². The molecule has 0 saturated heterocycles.